The normalized spacial score (nSPS) is 28.1. The van der Waals surface area contributed by atoms with Crippen LogP contribution in [-0.2, 0) is 4.74 Å². The van der Waals surface area contributed by atoms with Crippen LogP contribution in [0, 0.1) is 17.8 Å². The van der Waals surface area contributed by atoms with Crippen molar-refractivity contribution in [2.75, 3.05) is 6.61 Å². The molecule has 1 aromatic rings. The summed E-state index contributed by atoms with van der Waals surface area (Å²) in [6, 6.07) is 11.0. The molecular weight excluding hydrogens is 424 g/mol. The molecule has 1 saturated carbocycles. The van der Waals surface area contributed by atoms with Crippen LogP contribution >= 0.6 is 0 Å². The lowest BCUT2D eigenvalue weighted by molar-refractivity contribution is 0.253. The molecule has 6 rings (SSSR count). The molecule has 174 valence electrons. The Morgan fingerprint density at radius 1 is 0.886 bits per heavy atom. The largest absolute Gasteiger partial charge is 0.489 e. The van der Waals surface area contributed by atoms with E-state index in [9.17, 15) is 0 Å². The molecule has 5 aliphatic rings. The van der Waals surface area contributed by atoms with E-state index >= 15 is 0 Å². The van der Waals surface area contributed by atoms with Gasteiger partial charge in [-0.3, -0.25) is 0 Å². The van der Waals surface area contributed by atoms with Crippen molar-refractivity contribution in [3.8, 4) is 0 Å². The zero-order valence-electron chi connectivity index (χ0n) is 20.2. The smallest absolute Gasteiger partial charge is 0.119 e. The minimum atomic E-state index is 0.277. The Balaban J connectivity index is 1.03. The minimum absolute atomic E-state index is 0.277. The molecule has 0 saturated heterocycles. The van der Waals surface area contributed by atoms with E-state index < -0.39 is 0 Å². The van der Waals surface area contributed by atoms with Gasteiger partial charge in [-0.05, 0) is 71.1 Å². The van der Waals surface area contributed by atoms with Gasteiger partial charge in [-0.15, -0.1) is 0 Å². The molecule has 0 aliphatic heterocycles. The molecule has 1 aromatic carbocycles. The lowest BCUT2D eigenvalue weighted by Crippen LogP contribution is -2.22. The average Bonchev–Trinajstić information content (AvgIpc) is 3.27. The molecule has 0 bridgehead atoms. The Kier molecular flexibility index (Phi) is 5.78. The highest BCUT2D eigenvalue weighted by molar-refractivity contribution is 5.55. The maximum Gasteiger partial charge on any atom is 0.119 e. The Bertz CT molecular complexity index is 1300. The van der Waals surface area contributed by atoms with Gasteiger partial charge in [-0.2, -0.15) is 0 Å². The molecule has 0 radical (unpaired) electrons. The summed E-state index contributed by atoms with van der Waals surface area (Å²) in [5.41, 5.74) is 8.92. The van der Waals surface area contributed by atoms with Crippen molar-refractivity contribution < 1.29 is 4.74 Å². The lowest BCUT2D eigenvalue weighted by atomic mass is 9.68. The summed E-state index contributed by atoms with van der Waals surface area (Å²) in [7, 11) is 0. The van der Waals surface area contributed by atoms with Crippen LogP contribution < -0.4 is 0 Å². The quantitative estimate of drug-likeness (QED) is 0.375. The summed E-state index contributed by atoms with van der Waals surface area (Å²) in [6.45, 7) is 8.98. The van der Waals surface area contributed by atoms with Gasteiger partial charge in [0, 0.05) is 17.4 Å². The van der Waals surface area contributed by atoms with E-state index in [0.29, 0.717) is 18.3 Å². The zero-order valence-corrected chi connectivity index (χ0v) is 20.2. The second kappa shape index (κ2) is 9.23. The summed E-state index contributed by atoms with van der Waals surface area (Å²) >= 11 is 0. The van der Waals surface area contributed by atoms with Gasteiger partial charge >= 0.3 is 0 Å². The summed E-state index contributed by atoms with van der Waals surface area (Å²) in [5, 5.41) is 0. The number of rotatable bonds is 7. The molecular formula is C34H32O. The minimum Gasteiger partial charge on any atom is -0.489 e. The van der Waals surface area contributed by atoms with Gasteiger partial charge < -0.3 is 4.74 Å². The maximum absolute atomic E-state index is 6.12. The van der Waals surface area contributed by atoms with E-state index in [0.717, 1.165) is 23.0 Å². The van der Waals surface area contributed by atoms with Gasteiger partial charge in [0.25, 0.3) is 0 Å². The highest BCUT2D eigenvalue weighted by Gasteiger charge is 2.31. The SMILES string of the molecule is C=C(OCC1=CC2C=C(CC3CC(c4ccccc4)C3)C=CC2=C1)C1=CC(=C)C2C=CC=CC2=C1. The zero-order chi connectivity index (χ0) is 23.8. The van der Waals surface area contributed by atoms with Gasteiger partial charge in [-0.25, -0.2) is 0 Å². The van der Waals surface area contributed by atoms with E-state index in [4.69, 9.17) is 4.74 Å². The summed E-state index contributed by atoms with van der Waals surface area (Å²) in [4.78, 5) is 0. The lowest BCUT2D eigenvalue weighted by Gasteiger charge is -2.36. The Morgan fingerprint density at radius 2 is 1.71 bits per heavy atom. The monoisotopic (exact) mass is 456 g/mol. The Morgan fingerprint density at radius 3 is 2.57 bits per heavy atom. The van der Waals surface area contributed by atoms with Crippen LogP contribution in [0.2, 0.25) is 0 Å². The summed E-state index contributed by atoms with van der Waals surface area (Å²) < 4.78 is 6.12. The molecule has 0 amide bonds. The fourth-order valence-corrected chi connectivity index (χ4v) is 5.90. The second-order valence-electron chi connectivity index (χ2n) is 10.4. The molecule has 2 unspecified atom stereocenters. The van der Waals surface area contributed by atoms with Gasteiger partial charge in [0.15, 0.2) is 0 Å². The van der Waals surface area contributed by atoms with Crippen molar-refractivity contribution in [2.24, 2.45) is 17.8 Å². The molecule has 0 spiro atoms. The van der Waals surface area contributed by atoms with Crippen LogP contribution in [0.5, 0.6) is 0 Å². The number of hydrogen-bond acceptors (Lipinski definition) is 1. The molecule has 2 atom stereocenters. The first-order chi connectivity index (χ1) is 17.1. The van der Waals surface area contributed by atoms with Crippen LogP contribution in [0.3, 0.4) is 0 Å². The van der Waals surface area contributed by atoms with Crippen molar-refractivity contribution in [3.63, 3.8) is 0 Å². The topological polar surface area (TPSA) is 9.23 Å². The molecule has 1 nitrogen and oxygen atoms in total. The van der Waals surface area contributed by atoms with Crippen molar-refractivity contribution in [2.45, 2.75) is 25.2 Å². The number of benzene rings is 1. The van der Waals surface area contributed by atoms with Gasteiger partial charge in [0.1, 0.15) is 12.4 Å². The fourth-order valence-electron chi connectivity index (χ4n) is 5.90. The van der Waals surface area contributed by atoms with Gasteiger partial charge in [0.05, 0.1) is 0 Å². The number of allylic oxidation sites excluding steroid dienone is 14. The standard InChI is InChI=1S/C34H32O/c1-23-14-31(21-30-10-6-7-11-34(23)30)24(2)35-22-27-19-29-13-12-25(16-33(29)20-27)15-26-17-32(18-26)28-8-4-3-5-9-28/h3-14,16,19-21,26,32-34H,1-2,15,17-18,22H2. The Hall–Kier alpha value is -3.58. The molecule has 0 aromatic heterocycles. The predicted molar refractivity (Wildman–Crippen MR) is 146 cm³/mol. The first-order valence-electron chi connectivity index (χ1n) is 12.8. The van der Waals surface area contributed by atoms with E-state index in [1.807, 2.05) is 0 Å². The third-order valence-electron chi connectivity index (χ3n) is 7.91. The summed E-state index contributed by atoms with van der Waals surface area (Å²) in [5.74, 6) is 2.91. The van der Waals surface area contributed by atoms with Gasteiger partial charge in [0.2, 0.25) is 0 Å². The van der Waals surface area contributed by atoms with Gasteiger partial charge in [-0.1, -0.05) is 104 Å². The van der Waals surface area contributed by atoms with Crippen LogP contribution in [0.4, 0.5) is 0 Å². The van der Waals surface area contributed by atoms with Crippen LogP contribution in [0.25, 0.3) is 0 Å². The third-order valence-corrected chi connectivity index (χ3v) is 7.91. The molecule has 1 fully saturated rings. The molecule has 5 aliphatic carbocycles. The second-order valence-corrected chi connectivity index (χ2v) is 10.4. The predicted octanol–water partition coefficient (Wildman–Crippen LogP) is 8.24. The average molecular weight is 457 g/mol. The van der Waals surface area contributed by atoms with Crippen molar-refractivity contribution in [1.82, 2.24) is 0 Å². The molecule has 1 heteroatoms. The highest BCUT2D eigenvalue weighted by Crippen LogP contribution is 2.45. The molecule has 0 N–H and O–H groups in total. The number of hydrogen-bond donors (Lipinski definition) is 0. The van der Waals surface area contributed by atoms with E-state index in [1.54, 1.807) is 0 Å². The molecule has 35 heavy (non-hydrogen) atoms. The Labute approximate surface area is 209 Å². The first-order valence-corrected chi connectivity index (χ1v) is 12.8. The third kappa shape index (κ3) is 4.56. The van der Waals surface area contributed by atoms with Crippen LogP contribution in [-0.4, -0.2) is 6.61 Å². The van der Waals surface area contributed by atoms with E-state index in [1.165, 1.54) is 47.1 Å². The highest BCUT2D eigenvalue weighted by atomic mass is 16.5. The van der Waals surface area contributed by atoms with E-state index in [-0.39, 0.29) is 5.92 Å². The van der Waals surface area contributed by atoms with Crippen molar-refractivity contribution in [1.29, 1.82) is 0 Å². The van der Waals surface area contributed by atoms with Crippen molar-refractivity contribution in [3.05, 3.63) is 155 Å². The van der Waals surface area contributed by atoms with E-state index in [2.05, 4.69) is 110 Å². The van der Waals surface area contributed by atoms with Crippen LogP contribution in [0.1, 0.15) is 30.7 Å². The van der Waals surface area contributed by atoms with Crippen molar-refractivity contribution >= 4 is 0 Å². The van der Waals surface area contributed by atoms with Crippen LogP contribution in [0.15, 0.2) is 150 Å². The first kappa shape index (κ1) is 21.9. The summed E-state index contributed by atoms with van der Waals surface area (Å²) in [6.07, 6.45) is 28.2. The number of ether oxygens (including phenoxy) is 1. The molecule has 0 heterocycles. The fraction of sp³-hybridized carbons (Fsp3) is 0.235. The maximum atomic E-state index is 6.12. The number of fused-ring (bicyclic) bond motifs is 2.